The average molecular weight is 471 g/mol. The molecule has 0 aliphatic carbocycles. The summed E-state index contributed by atoms with van der Waals surface area (Å²) < 4.78 is 0. The third kappa shape index (κ3) is 4.98. The highest BCUT2D eigenvalue weighted by molar-refractivity contribution is 6.21. The molecule has 1 aromatic heterocycles. The molecule has 0 bridgehead atoms. The lowest BCUT2D eigenvalue weighted by Crippen LogP contribution is -2.31. The third-order valence-corrected chi connectivity index (χ3v) is 6.22. The van der Waals surface area contributed by atoms with Crippen molar-refractivity contribution in [1.82, 2.24) is 15.1 Å². The lowest BCUT2D eigenvalue weighted by molar-refractivity contribution is -0.116. The van der Waals surface area contributed by atoms with Gasteiger partial charge in [0.25, 0.3) is 11.8 Å². The van der Waals surface area contributed by atoms with Gasteiger partial charge in [0.1, 0.15) is 0 Å². The number of benzene rings is 2. The first-order valence-electron chi connectivity index (χ1n) is 11.8. The zero-order chi connectivity index (χ0) is 24.2. The second-order valence-electron chi connectivity index (χ2n) is 8.65. The van der Waals surface area contributed by atoms with Gasteiger partial charge >= 0.3 is 0 Å². The predicted molar refractivity (Wildman–Crippen MR) is 133 cm³/mol. The van der Waals surface area contributed by atoms with E-state index in [0.717, 1.165) is 24.5 Å². The Bertz CT molecular complexity index is 1220. The fourth-order valence-electron chi connectivity index (χ4n) is 4.41. The van der Waals surface area contributed by atoms with Crippen LogP contribution in [0.3, 0.4) is 0 Å². The van der Waals surface area contributed by atoms with Crippen LogP contribution in [0.2, 0.25) is 0 Å². The summed E-state index contributed by atoms with van der Waals surface area (Å²) in [6.45, 7) is 2.29. The summed E-state index contributed by atoms with van der Waals surface area (Å²) in [6, 6.07) is 16.1. The van der Waals surface area contributed by atoms with E-state index in [4.69, 9.17) is 0 Å². The molecule has 178 valence electrons. The number of hydrogen-bond donors (Lipinski definition) is 2. The minimum absolute atomic E-state index is 0.175. The van der Waals surface area contributed by atoms with E-state index < -0.39 is 0 Å². The number of imide groups is 1. The number of nitrogens with zero attached hydrogens (tertiary/aromatic N) is 4. The maximum atomic E-state index is 12.4. The Kier molecular flexibility index (Phi) is 6.38. The van der Waals surface area contributed by atoms with E-state index >= 15 is 0 Å². The van der Waals surface area contributed by atoms with Crippen molar-refractivity contribution in [3.63, 3.8) is 0 Å². The minimum Gasteiger partial charge on any atom is -0.370 e. The topological polar surface area (TPSA) is 108 Å². The monoisotopic (exact) mass is 470 g/mol. The summed E-state index contributed by atoms with van der Waals surface area (Å²) in [4.78, 5) is 40.7. The second kappa shape index (κ2) is 9.92. The Hall–Kier alpha value is -4.27. The smallest absolute Gasteiger partial charge is 0.261 e. The normalized spacial score (nSPS) is 14.9. The van der Waals surface area contributed by atoms with E-state index in [1.165, 1.54) is 17.7 Å². The zero-order valence-electron chi connectivity index (χ0n) is 19.2. The van der Waals surface area contributed by atoms with Gasteiger partial charge in [0.15, 0.2) is 5.82 Å². The van der Waals surface area contributed by atoms with Gasteiger partial charge in [-0.2, -0.15) is 5.10 Å². The molecule has 3 heterocycles. The molecular weight excluding hydrogens is 444 g/mol. The first-order chi connectivity index (χ1) is 17.1. The number of aromatic nitrogens is 2. The molecule has 1 fully saturated rings. The van der Waals surface area contributed by atoms with Crippen LogP contribution in [0.1, 0.15) is 46.4 Å². The van der Waals surface area contributed by atoms with Gasteiger partial charge in [-0.25, -0.2) is 0 Å². The van der Waals surface area contributed by atoms with Crippen LogP contribution in [0.5, 0.6) is 0 Å². The zero-order valence-corrected chi connectivity index (χ0v) is 19.2. The highest BCUT2D eigenvalue weighted by atomic mass is 16.2. The Morgan fingerprint density at radius 1 is 0.914 bits per heavy atom. The number of carbonyl (C=O) groups is 3. The number of amides is 3. The van der Waals surface area contributed by atoms with Gasteiger partial charge in [-0.1, -0.05) is 12.1 Å². The highest BCUT2D eigenvalue weighted by Gasteiger charge is 2.34. The van der Waals surface area contributed by atoms with Crippen LogP contribution in [0.4, 0.5) is 22.9 Å². The minimum atomic E-state index is -0.301. The maximum absolute atomic E-state index is 12.4. The summed E-state index contributed by atoms with van der Waals surface area (Å²) in [5.41, 5.74) is 3.40. The largest absolute Gasteiger partial charge is 0.370 e. The maximum Gasteiger partial charge on any atom is 0.261 e. The number of anilines is 4. The lowest BCUT2D eigenvalue weighted by Gasteiger charge is -2.17. The second-order valence-corrected chi connectivity index (χ2v) is 8.65. The number of rotatable bonds is 8. The van der Waals surface area contributed by atoms with Gasteiger partial charge in [-0.05, 0) is 55.7 Å². The molecule has 35 heavy (non-hydrogen) atoms. The summed E-state index contributed by atoms with van der Waals surface area (Å²) in [5.74, 6) is -0.111. The van der Waals surface area contributed by atoms with Crippen LogP contribution in [-0.4, -0.2) is 52.5 Å². The van der Waals surface area contributed by atoms with E-state index in [9.17, 15) is 14.4 Å². The highest BCUT2D eigenvalue weighted by Crippen LogP contribution is 2.24. The van der Waals surface area contributed by atoms with Gasteiger partial charge in [-0.15, -0.1) is 5.10 Å². The molecule has 0 saturated carbocycles. The number of hydrogen-bond acceptors (Lipinski definition) is 7. The predicted octanol–water partition coefficient (Wildman–Crippen LogP) is 3.84. The molecule has 3 amide bonds. The SMILES string of the molecule is O=C(CCCN1C(=O)c2ccccc2C1=O)Nc1ccc(Nc2cc(N3CCCC3)cnn2)cc1. The standard InChI is InChI=1S/C26H26N6O3/c33-24(8-5-15-32-25(34)21-6-1-2-7-22(21)26(32)35)29-19-11-9-18(10-12-19)28-23-16-20(17-27-30-23)31-13-3-4-14-31/h1-2,6-7,9-12,16-17H,3-5,8,13-15H2,(H,28,30)(H,29,33). The summed E-state index contributed by atoms with van der Waals surface area (Å²) >= 11 is 0. The van der Waals surface area contributed by atoms with Crippen molar-refractivity contribution >= 4 is 40.6 Å². The third-order valence-electron chi connectivity index (χ3n) is 6.22. The Labute approximate surface area is 203 Å². The Balaban J connectivity index is 1.10. The molecule has 1 saturated heterocycles. The first-order valence-corrected chi connectivity index (χ1v) is 11.8. The van der Waals surface area contributed by atoms with Gasteiger partial charge < -0.3 is 15.5 Å². The van der Waals surface area contributed by atoms with Crippen molar-refractivity contribution in [2.24, 2.45) is 0 Å². The van der Waals surface area contributed by atoms with Gasteiger partial charge in [0.05, 0.1) is 23.0 Å². The fourth-order valence-corrected chi connectivity index (χ4v) is 4.41. The lowest BCUT2D eigenvalue weighted by atomic mass is 10.1. The van der Waals surface area contributed by atoms with Crippen molar-refractivity contribution in [2.45, 2.75) is 25.7 Å². The van der Waals surface area contributed by atoms with Gasteiger partial charge in [0, 0.05) is 43.5 Å². The number of fused-ring (bicyclic) bond motifs is 1. The molecule has 5 rings (SSSR count). The van der Waals surface area contributed by atoms with Crippen LogP contribution in [0.15, 0.2) is 60.8 Å². The molecular formula is C26H26N6O3. The first kappa shape index (κ1) is 22.5. The van der Waals surface area contributed by atoms with E-state index in [1.807, 2.05) is 30.3 Å². The van der Waals surface area contributed by atoms with Crippen LogP contribution in [0.25, 0.3) is 0 Å². The van der Waals surface area contributed by atoms with Gasteiger partial charge in [-0.3, -0.25) is 19.3 Å². The molecule has 0 unspecified atom stereocenters. The molecule has 9 nitrogen and oxygen atoms in total. The van der Waals surface area contributed by atoms with Crippen molar-refractivity contribution < 1.29 is 14.4 Å². The molecule has 2 N–H and O–H groups in total. The van der Waals surface area contributed by atoms with Crippen molar-refractivity contribution in [3.05, 3.63) is 71.9 Å². The number of nitrogens with one attached hydrogen (secondary N) is 2. The van der Waals surface area contributed by atoms with Crippen LogP contribution >= 0.6 is 0 Å². The Morgan fingerprint density at radius 3 is 2.26 bits per heavy atom. The van der Waals surface area contributed by atoms with E-state index in [2.05, 4.69) is 25.7 Å². The average Bonchev–Trinajstić information content (AvgIpc) is 3.50. The molecule has 3 aromatic rings. The summed E-state index contributed by atoms with van der Waals surface area (Å²) in [5, 5.41) is 14.4. The molecule has 0 atom stereocenters. The molecule has 0 radical (unpaired) electrons. The summed E-state index contributed by atoms with van der Waals surface area (Å²) in [6.07, 6.45) is 4.76. The van der Waals surface area contributed by atoms with Crippen LogP contribution < -0.4 is 15.5 Å². The van der Waals surface area contributed by atoms with Crippen molar-refractivity contribution in [3.8, 4) is 0 Å². The fraction of sp³-hybridized carbons (Fsp3) is 0.269. The van der Waals surface area contributed by atoms with E-state index in [1.54, 1.807) is 30.5 Å². The summed E-state index contributed by atoms with van der Waals surface area (Å²) in [7, 11) is 0. The molecule has 2 aliphatic rings. The van der Waals surface area contributed by atoms with Crippen molar-refractivity contribution in [2.75, 3.05) is 35.2 Å². The number of carbonyl (C=O) groups excluding carboxylic acids is 3. The van der Waals surface area contributed by atoms with E-state index in [0.29, 0.717) is 29.1 Å². The van der Waals surface area contributed by atoms with Crippen LogP contribution in [-0.2, 0) is 4.79 Å². The Morgan fingerprint density at radius 2 is 1.57 bits per heavy atom. The molecule has 2 aliphatic heterocycles. The van der Waals surface area contributed by atoms with E-state index in [-0.39, 0.29) is 30.7 Å². The van der Waals surface area contributed by atoms with Gasteiger partial charge in [0.2, 0.25) is 5.91 Å². The molecule has 2 aromatic carbocycles. The van der Waals surface area contributed by atoms with Crippen molar-refractivity contribution in [1.29, 1.82) is 0 Å². The molecule has 0 spiro atoms. The van der Waals surface area contributed by atoms with Crippen LogP contribution in [0, 0.1) is 0 Å². The quantitative estimate of drug-likeness (QED) is 0.482. The molecule has 9 heteroatoms.